The number of para-hydroxylation sites is 1. The van der Waals surface area contributed by atoms with E-state index in [1.54, 1.807) is 24.3 Å². The van der Waals surface area contributed by atoms with Crippen LogP contribution in [0.2, 0.25) is 0 Å². The summed E-state index contributed by atoms with van der Waals surface area (Å²) >= 11 is 0. The molecule has 2 N–H and O–H groups in total. The highest BCUT2D eigenvalue weighted by atomic mass is 32.2. The molecule has 0 unspecified atom stereocenters. The molecule has 7 heteroatoms. The number of ether oxygens (including phenoxy) is 1. The SMILES string of the molecule is CN(C)CCOc1ccc(S(=O)(=O)NCCCc2c[nH]c3ccccc23)cc1. The molecular weight excluding hydrogens is 374 g/mol. The van der Waals surface area contributed by atoms with Gasteiger partial charge in [-0.05, 0) is 62.8 Å². The van der Waals surface area contributed by atoms with Crippen LogP contribution in [0.25, 0.3) is 10.9 Å². The fourth-order valence-electron chi connectivity index (χ4n) is 2.97. The van der Waals surface area contributed by atoms with Gasteiger partial charge < -0.3 is 14.6 Å². The molecule has 6 nitrogen and oxygen atoms in total. The number of aromatic nitrogens is 1. The zero-order valence-corrected chi connectivity index (χ0v) is 17.1. The van der Waals surface area contributed by atoms with Crippen LogP contribution in [0.15, 0.2) is 59.6 Å². The highest BCUT2D eigenvalue weighted by Gasteiger charge is 2.13. The third-order valence-corrected chi connectivity index (χ3v) is 6.01. The Balaban J connectivity index is 1.49. The van der Waals surface area contributed by atoms with Crippen LogP contribution in [0.3, 0.4) is 0 Å². The van der Waals surface area contributed by atoms with E-state index < -0.39 is 10.0 Å². The average molecular weight is 402 g/mol. The summed E-state index contributed by atoms with van der Waals surface area (Å²) < 4.78 is 33.2. The molecule has 28 heavy (non-hydrogen) atoms. The molecule has 150 valence electrons. The standard InChI is InChI=1S/C21H27N3O3S/c1-24(2)14-15-27-18-9-11-19(12-10-18)28(25,26)23-13-5-6-17-16-22-21-8-4-3-7-20(17)21/h3-4,7-12,16,22-23H,5-6,13-15H2,1-2H3. The normalized spacial score (nSPS) is 12.0. The second-order valence-electron chi connectivity index (χ2n) is 6.98. The Labute approximate surface area is 166 Å². The minimum Gasteiger partial charge on any atom is -0.492 e. The molecule has 1 aromatic heterocycles. The first kappa shape index (κ1) is 20.4. The van der Waals surface area contributed by atoms with E-state index in [0.29, 0.717) is 18.9 Å². The lowest BCUT2D eigenvalue weighted by Gasteiger charge is -2.11. The lowest BCUT2D eigenvalue weighted by atomic mass is 10.1. The van der Waals surface area contributed by atoms with Gasteiger partial charge in [-0.1, -0.05) is 18.2 Å². The van der Waals surface area contributed by atoms with Gasteiger partial charge in [0.05, 0.1) is 4.90 Å². The van der Waals surface area contributed by atoms with Crippen LogP contribution in [0.4, 0.5) is 0 Å². The van der Waals surface area contributed by atoms with E-state index in [9.17, 15) is 8.42 Å². The maximum atomic E-state index is 12.5. The first-order valence-corrected chi connectivity index (χ1v) is 10.9. The molecule has 0 atom stereocenters. The lowest BCUT2D eigenvalue weighted by Crippen LogP contribution is -2.25. The van der Waals surface area contributed by atoms with E-state index in [4.69, 9.17) is 4.74 Å². The summed E-state index contributed by atoms with van der Waals surface area (Å²) in [6.45, 7) is 1.76. The predicted octanol–water partition coefficient (Wildman–Crippen LogP) is 3.02. The number of nitrogens with zero attached hydrogens (tertiary/aromatic N) is 1. The maximum Gasteiger partial charge on any atom is 0.240 e. The van der Waals surface area contributed by atoms with E-state index >= 15 is 0 Å². The molecule has 0 aliphatic rings. The first-order chi connectivity index (χ1) is 13.5. The van der Waals surface area contributed by atoms with E-state index in [0.717, 1.165) is 24.9 Å². The quantitative estimate of drug-likeness (QED) is 0.512. The zero-order valence-electron chi connectivity index (χ0n) is 16.3. The van der Waals surface area contributed by atoms with Crippen molar-refractivity contribution in [2.75, 3.05) is 33.8 Å². The average Bonchev–Trinajstić information content (AvgIpc) is 3.09. The molecule has 0 spiro atoms. The van der Waals surface area contributed by atoms with Crippen molar-refractivity contribution in [1.82, 2.24) is 14.6 Å². The predicted molar refractivity (Wildman–Crippen MR) is 112 cm³/mol. The van der Waals surface area contributed by atoms with Gasteiger partial charge in [0.2, 0.25) is 10.0 Å². The Morgan fingerprint density at radius 2 is 1.82 bits per heavy atom. The number of aromatic amines is 1. The molecule has 3 rings (SSSR count). The minimum atomic E-state index is -3.52. The van der Waals surface area contributed by atoms with Crippen LogP contribution in [0, 0.1) is 0 Å². The second kappa shape index (κ2) is 9.23. The summed E-state index contributed by atoms with van der Waals surface area (Å²) in [6.07, 6.45) is 3.53. The van der Waals surface area contributed by atoms with Gasteiger partial charge in [0.15, 0.2) is 0 Å². The summed E-state index contributed by atoms with van der Waals surface area (Å²) in [4.78, 5) is 5.52. The van der Waals surface area contributed by atoms with Crippen molar-refractivity contribution in [2.24, 2.45) is 0 Å². The third-order valence-electron chi connectivity index (χ3n) is 4.53. The molecule has 0 bridgehead atoms. The van der Waals surface area contributed by atoms with Gasteiger partial charge >= 0.3 is 0 Å². The molecule has 1 heterocycles. The van der Waals surface area contributed by atoms with E-state index in [1.807, 2.05) is 43.4 Å². The van der Waals surface area contributed by atoms with Crippen molar-refractivity contribution in [3.8, 4) is 5.75 Å². The lowest BCUT2D eigenvalue weighted by molar-refractivity contribution is 0.261. The van der Waals surface area contributed by atoms with Gasteiger partial charge in [-0.2, -0.15) is 0 Å². The second-order valence-corrected chi connectivity index (χ2v) is 8.75. The van der Waals surface area contributed by atoms with E-state index in [1.165, 1.54) is 10.9 Å². The number of H-pyrrole nitrogens is 1. The van der Waals surface area contributed by atoms with Crippen molar-refractivity contribution in [3.63, 3.8) is 0 Å². The van der Waals surface area contributed by atoms with Crippen LogP contribution in [-0.4, -0.2) is 52.1 Å². The van der Waals surface area contributed by atoms with Crippen LogP contribution in [0.1, 0.15) is 12.0 Å². The van der Waals surface area contributed by atoms with Crippen molar-refractivity contribution < 1.29 is 13.2 Å². The Bertz CT molecular complexity index is 995. The Kier molecular flexibility index (Phi) is 6.72. The number of likely N-dealkylation sites (N-methyl/N-ethyl adjacent to an activating group) is 1. The highest BCUT2D eigenvalue weighted by Crippen LogP contribution is 2.19. The van der Waals surface area contributed by atoms with Gasteiger partial charge in [0.25, 0.3) is 0 Å². The number of benzene rings is 2. The summed E-state index contributed by atoms with van der Waals surface area (Å²) in [5.74, 6) is 0.667. The van der Waals surface area contributed by atoms with Crippen molar-refractivity contribution in [1.29, 1.82) is 0 Å². The van der Waals surface area contributed by atoms with Gasteiger partial charge in [-0.25, -0.2) is 13.1 Å². The van der Waals surface area contributed by atoms with Gasteiger partial charge in [0, 0.05) is 30.2 Å². The molecular formula is C21H27N3O3S. The van der Waals surface area contributed by atoms with Crippen molar-refractivity contribution in [2.45, 2.75) is 17.7 Å². The summed E-state index contributed by atoms with van der Waals surface area (Å²) in [7, 11) is 0.435. The Morgan fingerprint density at radius 3 is 2.57 bits per heavy atom. The van der Waals surface area contributed by atoms with Gasteiger partial charge in [-0.3, -0.25) is 0 Å². The number of rotatable bonds is 10. The van der Waals surface area contributed by atoms with E-state index in [-0.39, 0.29) is 4.90 Å². The summed E-state index contributed by atoms with van der Waals surface area (Å²) in [5.41, 5.74) is 2.31. The molecule has 0 fully saturated rings. The van der Waals surface area contributed by atoms with Crippen molar-refractivity contribution >= 4 is 20.9 Å². The molecule has 2 aromatic carbocycles. The number of fused-ring (bicyclic) bond motifs is 1. The topological polar surface area (TPSA) is 74.4 Å². The number of sulfonamides is 1. The van der Waals surface area contributed by atoms with Gasteiger partial charge in [-0.15, -0.1) is 0 Å². The molecule has 0 aliphatic heterocycles. The van der Waals surface area contributed by atoms with Crippen LogP contribution >= 0.6 is 0 Å². The number of hydrogen-bond donors (Lipinski definition) is 2. The van der Waals surface area contributed by atoms with Crippen LogP contribution in [-0.2, 0) is 16.4 Å². The fraction of sp³-hybridized carbons (Fsp3) is 0.333. The molecule has 3 aromatic rings. The molecule has 0 aliphatic carbocycles. The maximum absolute atomic E-state index is 12.5. The first-order valence-electron chi connectivity index (χ1n) is 9.38. The third kappa shape index (κ3) is 5.34. The van der Waals surface area contributed by atoms with Crippen LogP contribution < -0.4 is 9.46 Å². The monoisotopic (exact) mass is 401 g/mol. The van der Waals surface area contributed by atoms with Gasteiger partial charge in [0.1, 0.15) is 12.4 Å². The highest BCUT2D eigenvalue weighted by molar-refractivity contribution is 7.89. The van der Waals surface area contributed by atoms with E-state index in [2.05, 4.69) is 15.8 Å². The fourth-order valence-corrected chi connectivity index (χ4v) is 4.04. The number of aryl methyl sites for hydroxylation is 1. The Morgan fingerprint density at radius 1 is 1.07 bits per heavy atom. The minimum absolute atomic E-state index is 0.250. The Hall–Kier alpha value is -2.35. The zero-order chi connectivity index (χ0) is 20.0. The number of nitrogens with one attached hydrogen (secondary N) is 2. The summed E-state index contributed by atoms with van der Waals surface area (Å²) in [6, 6.07) is 14.7. The smallest absolute Gasteiger partial charge is 0.240 e. The summed E-state index contributed by atoms with van der Waals surface area (Å²) in [5, 5.41) is 1.19. The number of hydrogen-bond acceptors (Lipinski definition) is 4. The van der Waals surface area contributed by atoms with Crippen LogP contribution in [0.5, 0.6) is 5.75 Å². The molecule has 0 amide bonds. The molecule has 0 radical (unpaired) electrons. The molecule has 0 saturated carbocycles. The molecule has 0 saturated heterocycles. The largest absolute Gasteiger partial charge is 0.492 e. The van der Waals surface area contributed by atoms with Crippen molar-refractivity contribution in [3.05, 3.63) is 60.3 Å².